The first kappa shape index (κ1) is 32.2. The number of hydrogen-bond acceptors (Lipinski definition) is 9. The largest absolute Gasteiger partial charge is 0.497 e. The Bertz CT molecular complexity index is 1540. The minimum absolute atomic E-state index is 0.0567. The summed E-state index contributed by atoms with van der Waals surface area (Å²) >= 11 is 0. The van der Waals surface area contributed by atoms with Gasteiger partial charge in [-0.15, -0.1) is 0 Å². The molecular weight excluding hydrogens is 580 g/mol. The van der Waals surface area contributed by atoms with Crippen molar-refractivity contribution >= 4 is 21.8 Å². The summed E-state index contributed by atoms with van der Waals surface area (Å²) in [6, 6.07) is 7.97. The SMILES string of the molecule is COc1ccc(CNS(=O)(=O)c2cc([N+](=O)[O-])ccc2-n2cc(CN(CC(F)F)C(=O)OC(C)(C)C)cn2)c(OC)c1. The van der Waals surface area contributed by atoms with Crippen molar-refractivity contribution < 1.29 is 41.1 Å². The van der Waals surface area contributed by atoms with E-state index in [4.69, 9.17) is 14.2 Å². The van der Waals surface area contributed by atoms with E-state index in [0.717, 1.165) is 21.7 Å². The van der Waals surface area contributed by atoms with Crippen LogP contribution in [-0.2, 0) is 27.8 Å². The van der Waals surface area contributed by atoms with E-state index < -0.39 is 50.2 Å². The highest BCUT2D eigenvalue weighted by Crippen LogP contribution is 2.28. The molecule has 1 heterocycles. The predicted molar refractivity (Wildman–Crippen MR) is 146 cm³/mol. The minimum Gasteiger partial charge on any atom is -0.497 e. The molecule has 0 saturated heterocycles. The van der Waals surface area contributed by atoms with Crippen molar-refractivity contribution in [3.63, 3.8) is 0 Å². The zero-order valence-electron chi connectivity index (χ0n) is 23.5. The number of carbonyl (C=O) groups is 1. The minimum atomic E-state index is -4.38. The lowest BCUT2D eigenvalue weighted by Crippen LogP contribution is -2.39. The molecule has 1 amide bonds. The molecule has 13 nitrogen and oxygen atoms in total. The lowest BCUT2D eigenvalue weighted by Gasteiger charge is -2.26. The Hall–Kier alpha value is -4.31. The van der Waals surface area contributed by atoms with E-state index in [1.807, 2.05) is 0 Å². The quantitative estimate of drug-likeness (QED) is 0.233. The monoisotopic (exact) mass is 611 g/mol. The van der Waals surface area contributed by atoms with Crippen LogP contribution in [0.25, 0.3) is 5.69 Å². The van der Waals surface area contributed by atoms with E-state index in [1.54, 1.807) is 39.0 Å². The first-order chi connectivity index (χ1) is 19.6. The number of benzene rings is 2. The number of amides is 1. The Morgan fingerprint density at radius 1 is 1.17 bits per heavy atom. The maximum atomic E-state index is 13.4. The zero-order valence-corrected chi connectivity index (χ0v) is 24.4. The van der Waals surface area contributed by atoms with Crippen LogP contribution < -0.4 is 14.2 Å². The number of nitro groups is 1. The summed E-state index contributed by atoms with van der Waals surface area (Å²) in [5.41, 5.74) is -0.720. The molecule has 16 heteroatoms. The van der Waals surface area contributed by atoms with E-state index in [9.17, 15) is 32.1 Å². The van der Waals surface area contributed by atoms with Crippen molar-refractivity contribution in [1.82, 2.24) is 19.4 Å². The van der Waals surface area contributed by atoms with Crippen LogP contribution in [0.5, 0.6) is 11.5 Å². The van der Waals surface area contributed by atoms with Gasteiger partial charge in [-0.05, 0) is 32.9 Å². The van der Waals surface area contributed by atoms with Crippen molar-refractivity contribution in [2.24, 2.45) is 0 Å². The molecule has 1 aromatic heterocycles. The average Bonchev–Trinajstić information content (AvgIpc) is 3.38. The zero-order chi connectivity index (χ0) is 31.2. The van der Waals surface area contributed by atoms with Crippen LogP contribution in [0.2, 0.25) is 0 Å². The van der Waals surface area contributed by atoms with Gasteiger partial charge in [-0.1, -0.05) is 6.07 Å². The van der Waals surface area contributed by atoms with Gasteiger partial charge in [0.2, 0.25) is 10.0 Å². The van der Waals surface area contributed by atoms with Gasteiger partial charge in [0.15, 0.2) is 0 Å². The molecule has 0 bridgehead atoms. The highest BCUT2D eigenvalue weighted by molar-refractivity contribution is 7.89. The van der Waals surface area contributed by atoms with Gasteiger partial charge in [0.05, 0.1) is 44.1 Å². The number of aromatic nitrogens is 2. The summed E-state index contributed by atoms with van der Waals surface area (Å²) in [7, 11) is -1.51. The first-order valence-corrected chi connectivity index (χ1v) is 13.9. The van der Waals surface area contributed by atoms with Crippen LogP contribution in [0.4, 0.5) is 19.3 Å². The number of hydrogen-bond donors (Lipinski definition) is 1. The van der Waals surface area contributed by atoms with Crippen molar-refractivity contribution in [3.05, 3.63) is 70.0 Å². The summed E-state index contributed by atoms with van der Waals surface area (Å²) in [5, 5.41) is 15.6. The number of nitro benzene ring substituents is 1. The highest BCUT2D eigenvalue weighted by atomic mass is 32.2. The molecule has 3 aromatic rings. The number of ether oxygens (including phenoxy) is 3. The maximum absolute atomic E-state index is 13.4. The Morgan fingerprint density at radius 2 is 1.88 bits per heavy atom. The smallest absolute Gasteiger partial charge is 0.410 e. The summed E-state index contributed by atoms with van der Waals surface area (Å²) < 4.78 is 72.5. The van der Waals surface area contributed by atoms with Crippen molar-refractivity contribution in [2.45, 2.75) is 50.8 Å². The number of rotatable bonds is 12. The van der Waals surface area contributed by atoms with Gasteiger partial charge in [0.25, 0.3) is 12.1 Å². The molecule has 0 spiro atoms. The molecule has 0 saturated carbocycles. The van der Waals surface area contributed by atoms with Crippen LogP contribution in [0, 0.1) is 10.1 Å². The van der Waals surface area contributed by atoms with E-state index in [0.29, 0.717) is 17.1 Å². The van der Waals surface area contributed by atoms with Gasteiger partial charge in [0, 0.05) is 42.1 Å². The summed E-state index contributed by atoms with van der Waals surface area (Å²) in [6.45, 7) is 3.34. The fourth-order valence-electron chi connectivity index (χ4n) is 3.76. The van der Waals surface area contributed by atoms with Gasteiger partial charge in [-0.25, -0.2) is 31.4 Å². The van der Waals surface area contributed by atoms with Crippen LogP contribution in [0.3, 0.4) is 0 Å². The Balaban J connectivity index is 1.94. The van der Waals surface area contributed by atoms with Crippen molar-refractivity contribution in [3.8, 4) is 17.2 Å². The second kappa shape index (κ2) is 13.1. The van der Waals surface area contributed by atoms with Crippen molar-refractivity contribution in [2.75, 3.05) is 20.8 Å². The van der Waals surface area contributed by atoms with Crippen LogP contribution >= 0.6 is 0 Å². The van der Waals surface area contributed by atoms with Crippen molar-refractivity contribution in [1.29, 1.82) is 0 Å². The molecular formula is C26H31F2N5O8S. The normalized spacial score (nSPS) is 11.8. The maximum Gasteiger partial charge on any atom is 0.410 e. The van der Waals surface area contributed by atoms with Gasteiger partial charge < -0.3 is 14.2 Å². The molecule has 0 aliphatic rings. The molecule has 0 aliphatic carbocycles. The predicted octanol–water partition coefficient (Wildman–Crippen LogP) is 4.28. The standard InChI is InChI=1S/C26H31F2N5O8S/c1-26(2,3)41-25(34)31(16-24(27)28)14-17-12-29-32(15-17)21-9-7-19(33(35)36)10-23(21)42(37,38)30-13-18-6-8-20(39-4)11-22(18)40-5/h6-12,15,24,30H,13-14,16H2,1-5H3. The molecule has 2 aromatic carbocycles. The number of sulfonamides is 1. The number of methoxy groups -OCH3 is 2. The van der Waals surface area contributed by atoms with Gasteiger partial charge in [-0.2, -0.15) is 5.10 Å². The van der Waals surface area contributed by atoms with Crippen LogP contribution in [0.1, 0.15) is 31.9 Å². The molecule has 0 radical (unpaired) electrons. The average molecular weight is 612 g/mol. The number of carbonyl (C=O) groups excluding carboxylic acids is 1. The second-order valence-corrected chi connectivity index (χ2v) is 11.7. The first-order valence-electron chi connectivity index (χ1n) is 12.4. The fourth-order valence-corrected chi connectivity index (χ4v) is 4.97. The van der Waals surface area contributed by atoms with E-state index in [2.05, 4.69) is 9.82 Å². The second-order valence-electron chi connectivity index (χ2n) is 9.96. The number of nitrogens with one attached hydrogen (secondary N) is 1. The Kier molecular flexibility index (Phi) is 10.1. The number of non-ortho nitro benzene ring substituents is 1. The van der Waals surface area contributed by atoms with Gasteiger partial charge in [0.1, 0.15) is 22.0 Å². The molecule has 0 aliphatic heterocycles. The third-order valence-electron chi connectivity index (χ3n) is 5.66. The van der Waals surface area contributed by atoms with Crippen LogP contribution in [0.15, 0.2) is 53.7 Å². The van der Waals surface area contributed by atoms with E-state index >= 15 is 0 Å². The third-order valence-corrected chi connectivity index (χ3v) is 7.09. The topological polar surface area (TPSA) is 155 Å². The summed E-state index contributed by atoms with van der Waals surface area (Å²) in [4.78, 5) is 23.6. The fraction of sp³-hybridized carbons (Fsp3) is 0.385. The summed E-state index contributed by atoms with van der Waals surface area (Å²) in [5.74, 6) is 0.846. The summed E-state index contributed by atoms with van der Waals surface area (Å²) in [6.07, 6.45) is -1.21. The lowest BCUT2D eigenvalue weighted by atomic mass is 10.2. The Labute approximate surface area is 241 Å². The third kappa shape index (κ3) is 8.36. The Morgan fingerprint density at radius 3 is 2.48 bits per heavy atom. The highest BCUT2D eigenvalue weighted by Gasteiger charge is 2.27. The van der Waals surface area contributed by atoms with E-state index in [-0.39, 0.29) is 24.3 Å². The molecule has 0 fully saturated rings. The molecule has 3 rings (SSSR count). The molecule has 0 unspecified atom stereocenters. The van der Waals surface area contributed by atoms with E-state index in [1.165, 1.54) is 32.7 Å². The van der Waals surface area contributed by atoms with Gasteiger partial charge in [-0.3, -0.25) is 15.0 Å². The number of nitrogens with zero attached hydrogens (tertiary/aromatic N) is 4. The molecule has 228 valence electrons. The molecule has 0 atom stereocenters. The lowest BCUT2D eigenvalue weighted by molar-refractivity contribution is -0.385. The molecule has 42 heavy (non-hydrogen) atoms. The number of halogens is 2. The van der Waals surface area contributed by atoms with Crippen LogP contribution in [-0.4, -0.2) is 66.9 Å². The molecule has 1 N–H and O–H groups in total. The number of alkyl halides is 2. The van der Waals surface area contributed by atoms with Gasteiger partial charge >= 0.3 is 6.09 Å².